The molecule has 0 aliphatic heterocycles. The fourth-order valence-electron chi connectivity index (χ4n) is 0.843. The van der Waals surface area contributed by atoms with Crippen LogP contribution in [0.5, 0.6) is 0 Å². The number of oxime groups is 1. The average molecular weight is 248 g/mol. The Hall–Kier alpha value is -2.19. The quantitative estimate of drug-likeness (QED) is 0.200. The molecule has 0 N–H and O–H groups in total. The predicted molar refractivity (Wildman–Crippen MR) is 53.6 cm³/mol. The molecular weight excluding hydrogens is 236 g/mol. The second-order valence-electron chi connectivity index (χ2n) is 2.68. The maximum atomic E-state index is 11.5. The summed E-state index contributed by atoms with van der Waals surface area (Å²) in [5, 5.41) is 12.1. The Labute approximate surface area is 96.4 Å². The molecule has 9 nitrogen and oxygen atoms in total. The third-order valence-electron chi connectivity index (χ3n) is 1.50. The van der Waals surface area contributed by atoms with Gasteiger partial charge in [-0.2, -0.15) is 0 Å². The van der Waals surface area contributed by atoms with Gasteiger partial charge in [-0.15, -0.1) is 10.1 Å². The number of rotatable bonds is 7. The summed E-state index contributed by atoms with van der Waals surface area (Å²) in [5.74, 6) is -2.03. The van der Waals surface area contributed by atoms with Crippen LogP contribution in [-0.4, -0.2) is 42.4 Å². The molecule has 96 valence electrons. The van der Waals surface area contributed by atoms with Gasteiger partial charge in [0, 0.05) is 0 Å². The van der Waals surface area contributed by atoms with Crippen LogP contribution < -0.4 is 0 Å². The highest BCUT2D eigenvalue weighted by molar-refractivity contribution is 6.65. The largest absolute Gasteiger partial charge is 0.461 e. The summed E-state index contributed by atoms with van der Waals surface area (Å²) in [6.07, 6.45) is -1.47. The lowest BCUT2D eigenvalue weighted by Gasteiger charge is -2.08. The molecule has 0 aromatic heterocycles. The molecule has 0 radical (unpaired) electrons. The Bertz CT molecular complexity index is 339. The minimum Gasteiger partial charge on any atom is -0.461 e. The van der Waals surface area contributed by atoms with Crippen LogP contribution in [0.1, 0.15) is 13.8 Å². The Balaban J connectivity index is 4.83. The molecule has 0 aliphatic carbocycles. The van der Waals surface area contributed by atoms with Gasteiger partial charge in [-0.3, -0.25) is 4.79 Å². The van der Waals surface area contributed by atoms with Gasteiger partial charge < -0.3 is 14.4 Å². The lowest BCUT2D eigenvalue weighted by molar-refractivity contribution is -0.763. The van der Waals surface area contributed by atoms with Gasteiger partial charge >= 0.3 is 5.97 Å². The summed E-state index contributed by atoms with van der Waals surface area (Å²) < 4.78 is 4.54. The van der Waals surface area contributed by atoms with E-state index in [1.54, 1.807) is 0 Å². The minimum atomic E-state index is -1.47. The predicted octanol–water partition coefficient (Wildman–Crippen LogP) is -0.282. The summed E-state index contributed by atoms with van der Waals surface area (Å²) in [4.78, 5) is 41.1. The van der Waals surface area contributed by atoms with E-state index < -0.39 is 28.7 Å². The zero-order valence-corrected chi connectivity index (χ0v) is 9.54. The molecule has 0 amide bonds. The third-order valence-corrected chi connectivity index (χ3v) is 1.50. The van der Waals surface area contributed by atoms with Gasteiger partial charge in [0.2, 0.25) is 11.5 Å². The van der Waals surface area contributed by atoms with Gasteiger partial charge in [0.1, 0.15) is 7.11 Å². The van der Waals surface area contributed by atoms with Gasteiger partial charge in [-0.1, -0.05) is 5.16 Å². The van der Waals surface area contributed by atoms with Crippen molar-refractivity contribution in [1.29, 1.82) is 0 Å². The number of ether oxygens (including phenoxy) is 1. The van der Waals surface area contributed by atoms with E-state index in [0.29, 0.717) is 0 Å². The Morgan fingerprint density at radius 1 is 1.47 bits per heavy atom. The SMILES string of the molecule is CCOC(=O)/C(=N\OC)C(=O)C(C)O[N+](=O)[O-]. The lowest BCUT2D eigenvalue weighted by atomic mass is 10.1. The number of nitrogens with zero attached hydrogens (tertiary/aromatic N) is 2. The van der Waals surface area contributed by atoms with Gasteiger partial charge in [0.25, 0.3) is 5.09 Å². The van der Waals surface area contributed by atoms with Gasteiger partial charge in [0.15, 0.2) is 6.10 Å². The summed E-state index contributed by atoms with van der Waals surface area (Å²) in [6, 6.07) is 0. The summed E-state index contributed by atoms with van der Waals surface area (Å²) in [7, 11) is 1.12. The Kier molecular flexibility index (Phi) is 6.22. The molecule has 0 aromatic rings. The molecule has 0 aromatic carbocycles. The lowest BCUT2D eigenvalue weighted by Crippen LogP contribution is -2.36. The molecule has 0 saturated carbocycles. The smallest absolute Gasteiger partial charge is 0.364 e. The van der Waals surface area contributed by atoms with Crippen molar-refractivity contribution >= 4 is 17.5 Å². The van der Waals surface area contributed by atoms with Crippen LogP contribution in [0.15, 0.2) is 5.16 Å². The van der Waals surface area contributed by atoms with Gasteiger partial charge in [-0.25, -0.2) is 4.79 Å². The van der Waals surface area contributed by atoms with Crippen LogP contribution in [0.25, 0.3) is 0 Å². The van der Waals surface area contributed by atoms with Crippen molar-refractivity contribution in [3.63, 3.8) is 0 Å². The first kappa shape index (κ1) is 14.8. The van der Waals surface area contributed by atoms with Crippen molar-refractivity contribution in [2.24, 2.45) is 5.16 Å². The number of carbonyl (C=O) groups is 2. The standard InChI is InChI=1S/C8H12N2O7/c1-4-16-8(12)6(9-15-3)7(11)5(2)17-10(13)14/h5H,4H2,1-3H3/b9-6-. The fraction of sp³-hybridized carbons (Fsp3) is 0.625. The first-order valence-corrected chi connectivity index (χ1v) is 4.57. The van der Waals surface area contributed by atoms with E-state index in [2.05, 4.69) is 19.6 Å². The molecule has 0 rings (SSSR count). The van der Waals surface area contributed by atoms with E-state index >= 15 is 0 Å². The van der Waals surface area contributed by atoms with E-state index in [1.807, 2.05) is 0 Å². The van der Waals surface area contributed by atoms with E-state index in [-0.39, 0.29) is 6.61 Å². The maximum Gasteiger partial charge on any atom is 0.364 e. The highest BCUT2D eigenvalue weighted by Crippen LogP contribution is 1.99. The normalized spacial score (nSPS) is 12.5. The molecule has 1 atom stereocenters. The first-order chi connectivity index (χ1) is 7.93. The van der Waals surface area contributed by atoms with Crippen molar-refractivity contribution in [2.45, 2.75) is 20.0 Å². The van der Waals surface area contributed by atoms with Crippen LogP contribution in [0.4, 0.5) is 0 Å². The number of carbonyl (C=O) groups excluding carboxylic acids is 2. The Morgan fingerprint density at radius 2 is 2.06 bits per heavy atom. The average Bonchev–Trinajstić information content (AvgIpc) is 2.24. The zero-order valence-electron chi connectivity index (χ0n) is 9.54. The van der Waals surface area contributed by atoms with Crippen LogP contribution in [0.2, 0.25) is 0 Å². The van der Waals surface area contributed by atoms with Gasteiger partial charge in [0.05, 0.1) is 6.61 Å². The molecule has 0 fully saturated rings. The van der Waals surface area contributed by atoms with Crippen molar-refractivity contribution in [3.05, 3.63) is 10.1 Å². The number of ketones is 1. The number of hydrogen-bond acceptors (Lipinski definition) is 8. The maximum absolute atomic E-state index is 11.5. The highest BCUT2D eigenvalue weighted by atomic mass is 17.0. The van der Waals surface area contributed by atoms with E-state index in [9.17, 15) is 19.7 Å². The van der Waals surface area contributed by atoms with Crippen LogP contribution in [0.3, 0.4) is 0 Å². The zero-order chi connectivity index (χ0) is 13.4. The first-order valence-electron chi connectivity index (χ1n) is 4.57. The topological polar surface area (TPSA) is 117 Å². The van der Waals surface area contributed by atoms with Crippen molar-refractivity contribution < 1.29 is 29.1 Å². The molecule has 1 unspecified atom stereocenters. The molecule has 9 heteroatoms. The second kappa shape index (κ2) is 7.14. The highest BCUT2D eigenvalue weighted by Gasteiger charge is 2.29. The molecule has 0 heterocycles. The molecule has 0 aliphatic rings. The van der Waals surface area contributed by atoms with Crippen LogP contribution in [-0.2, 0) is 24.0 Å². The van der Waals surface area contributed by atoms with Gasteiger partial charge in [-0.05, 0) is 13.8 Å². The molecular formula is C8H12N2O7. The number of Topliss-reactive ketones (excluding diaryl/α,β-unsaturated/α-hetero) is 1. The second-order valence-corrected chi connectivity index (χ2v) is 2.68. The molecule has 0 spiro atoms. The Morgan fingerprint density at radius 3 is 2.47 bits per heavy atom. The number of hydrogen-bond donors (Lipinski definition) is 0. The summed E-state index contributed by atoms with van der Waals surface area (Å²) in [6.45, 7) is 2.67. The molecule has 17 heavy (non-hydrogen) atoms. The summed E-state index contributed by atoms with van der Waals surface area (Å²) in [5.41, 5.74) is -0.691. The van der Waals surface area contributed by atoms with Crippen molar-refractivity contribution in [1.82, 2.24) is 0 Å². The van der Waals surface area contributed by atoms with E-state index in [1.165, 1.54) is 6.92 Å². The van der Waals surface area contributed by atoms with E-state index in [0.717, 1.165) is 14.0 Å². The van der Waals surface area contributed by atoms with Crippen molar-refractivity contribution in [2.75, 3.05) is 13.7 Å². The molecule has 0 bridgehead atoms. The fourth-order valence-corrected chi connectivity index (χ4v) is 0.843. The minimum absolute atomic E-state index is 0.0271. The monoisotopic (exact) mass is 248 g/mol. The summed E-state index contributed by atoms with van der Waals surface area (Å²) >= 11 is 0. The van der Waals surface area contributed by atoms with Crippen LogP contribution >= 0.6 is 0 Å². The molecule has 0 saturated heterocycles. The third kappa shape index (κ3) is 4.91. The number of esters is 1. The van der Waals surface area contributed by atoms with E-state index in [4.69, 9.17) is 0 Å². The van der Waals surface area contributed by atoms with Crippen LogP contribution in [0, 0.1) is 10.1 Å². The van der Waals surface area contributed by atoms with Crippen molar-refractivity contribution in [3.8, 4) is 0 Å².